The molecule has 0 bridgehead atoms. The molecule has 0 saturated heterocycles. The number of amides is 2. The summed E-state index contributed by atoms with van der Waals surface area (Å²) in [5, 5.41) is 5.66. The molecule has 106 valence electrons. The second-order valence-electron chi connectivity index (χ2n) is 4.59. The van der Waals surface area contributed by atoms with Crippen LogP contribution in [0, 0.1) is 13.8 Å². The lowest BCUT2D eigenvalue weighted by Gasteiger charge is -2.13. The smallest absolute Gasteiger partial charge is 0.315 e. The number of carbonyl (C=O) groups excluding carboxylic acids is 1. The van der Waals surface area contributed by atoms with Crippen LogP contribution in [0.1, 0.15) is 37.0 Å². The third-order valence-corrected chi connectivity index (χ3v) is 2.91. The minimum absolute atomic E-state index is 0.118. The summed E-state index contributed by atoms with van der Waals surface area (Å²) in [4.78, 5) is 11.5. The first-order chi connectivity index (χ1) is 9.08. The molecule has 0 fully saturated rings. The van der Waals surface area contributed by atoms with Crippen molar-refractivity contribution in [3.63, 3.8) is 0 Å². The van der Waals surface area contributed by atoms with E-state index in [2.05, 4.69) is 16.7 Å². The Kier molecular flexibility index (Phi) is 6.19. The number of ether oxygens (including phenoxy) is 1. The molecular weight excluding hydrogens is 240 g/mol. The van der Waals surface area contributed by atoms with E-state index in [4.69, 9.17) is 4.74 Å². The van der Waals surface area contributed by atoms with Crippen molar-refractivity contribution in [2.24, 2.45) is 0 Å². The molecule has 0 radical (unpaired) electrons. The Bertz CT molecular complexity index is 430. The fraction of sp³-hybridized carbons (Fsp3) is 0.533. The Balaban J connectivity index is 2.64. The number of hydrogen-bond acceptors (Lipinski definition) is 2. The van der Waals surface area contributed by atoms with Gasteiger partial charge in [-0.15, -0.1) is 0 Å². The van der Waals surface area contributed by atoms with Crippen molar-refractivity contribution in [3.05, 3.63) is 28.8 Å². The zero-order valence-corrected chi connectivity index (χ0v) is 12.3. The second-order valence-corrected chi connectivity index (χ2v) is 4.59. The molecule has 0 unspecified atom stereocenters. The largest absolute Gasteiger partial charge is 0.494 e. The van der Waals surface area contributed by atoms with Crippen LogP contribution in [0.4, 0.5) is 4.79 Å². The van der Waals surface area contributed by atoms with Crippen LogP contribution in [-0.2, 0) is 6.54 Å². The van der Waals surface area contributed by atoms with Crippen LogP contribution >= 0.6 is 0 Å². The number of aryl methyl sites for hydroxylation is 2. The highest BCUT2D eigenvalue weighted by atomic mass is 16.5. The first-order valence-corrected chi connectivity index (χ1v) is 6.83. The summed E-state index contributed by atoms with van der Waals surface area (Å²) in [6.07, 6.45) is 0.939. The Labute approximate surface area is 115 Å². The van der Waals surface area contributed by atoms with E-state index in [-0.39, 0.29) is 6.03 Å². The van der Waals surface area contributed by atoms with Gasteiger partial charge in [0.05, 0.1) is 6.61 Å². The number of nitrogens with one attached hydrogen (secondary N) is 2. The molecule has 0 heterocycles. The van der Waals surface area contributed by atoms with E-state index in [1.807, 2.05) is 33.8 Å². The van der Waals surface area contributed by atoms with E-state index < -0.39 is 0 Å². The minimum atomic E-state index is -0.118. The molecule has 0 spiro atoms. The molecule has 0 aromatic heterocycles. The van der Waals surface area contributed by atoms with E-state index in [0.29, 0.717) is 19.7 Å². The lowest BCUT2D eigenvalue weighted by Crippen LogP contribution is -2.35. The Morgan fingerprint density at radius 1 is 1.16 bits per heavy atom. The molecule has 19 heavy (non-hydrogen) atoms. The lowest BCUT2D eigenvalue weighted by atomic mass is 10.0. The van der Waals surface area contributed by atoms with Crippen molar-refractivity contribution in [3.8, 4) is 5.75 Å². The van der Waals surface area contributed by atoms with Gasteiger partial charge in [-0.1, -0.05) is 13.0 Å². The average Bonchev–Trinajstić information content (AvgIpc) is 2.38. The number of hydrogen-bond donors (Lipinski definition) is 2. The zero-order valence-electron chi connectivity index (χ0n) is 12.3. The van der Waals surface area contributed by atoms with Crippen molar-refractivity contribution in [1.82, 2.24) is 10.6 Å². The van der Waals surface area contributed by atoms with Gasteiger partial charge in [-0.25, -0.2) is 4.79 Å². The highest BCUT2D eigenvalue weighted by Crippen LogP contribution is 2.22. The maximum atomic E-state index is 11.5. The monoisotopic (exact) mass is 264 g/mol. The Morgan fingerprint density at radius 2 is 1.89 bits per heavy atom. The van der Waals surface area contributed by atoms with E-state index >= 15 is 0 Å². The summed E-state index contributed by atoms with van der Waals surface area (Å²) in [5.41, 5.74) is 3.34. The third-order valence-electron chi connectivity index (χ3n) is 2.91. The summed E-state index contributed by atoms with van der Waals surface area (Å²) in [6.45, 7) is 9.95. The summed E-state index contributed by atoms with van der Waals surface area (Å²) < 4.78 is 5.55. The third kappa shape index (κ3) is 4.81. The van der Waals surface area contributed by atoms with Gasteiger partial charge in [-0.3, -0.25) is 0 Å². The van der Waals surface area contributed by atoms with Gasteiger partial charge >= 0.3 is 6.03 Å². The van der Waals surface area contributed by atoms with E-state index in [1.54, 1.807) is 0 Å². The van der Waals surface area contributed by atoms with Gasteiger partial charge in [0.1, 0.15) is 5.75 Å². The molecule has 2 amide bonds. The predicted octanol–water partition coefficient (Wildman–Crippen LogP) is 2.91. The van der Waals surface area contributed by atoms with E-state index in [0.717, 1.165) is 28.9 Å². The molecule has 1 aromatic rings. The van der Waals surface area contributed by atoms with Crippen LogP contribution in [0.2, 0.25) is 0 Å². The molecule has 2 N–H and O–H groups in total. The van der Waals surface area contributed by atoms with E-state index in [1.165, 1.54) is 0 Å². The first kappa shape index (κ1) is 15.3. The van der Waals surface area contributed by atoms with Crippen molar-refractivity contribution in [1.29, 1.82) is 0 Å². The highest BCUT2D eigenvalue weighted by molar-refractivity contribution is 5.73. The van der Waals surface area contributed by atoms with Gasteiger partial charge in [-0.05, 0) is 49.9 Å². The Morgan fingerprint density at radius 3 is 2.53 bits per heavy atom. The molecule has 4 nitrogen and oxygen atoms in total. The van der Waals surface area contributed by atoms with Gasteiger partial charge < -0.3 is 15.4 Å². The summed E-state index contributed by atoms with van der Waals surface area (Å²) >= 11 is 0. The van der Waals surface area contributed by atoms with Gasteiger partial charge in [0.25, 0.3) is 0 Å². The lowest BCUT2D eigenvalue weighted by molar-refractivity contribution is 0.240. The van der Waals surface area contributed by atoms with Gasteiger partial charge in [0.2, 0.25) is 0 Å². The van der Waals surface area contributed by atoms with Crippen LogP contribution in [0.25, 0.3) is 0 Å². The first-order valence-electron chi connectivity index (χ1n) is 6.83. The van der Waals surface area contributed by atoms with Crippen LogP contribution in [0.15, 0.2) is 12.1 Å². The van der Waals surface area contributed by atoms with Crippen LogP contribution < -0.4 is 15.4 Å². The zero-order chi connectivity index (χ0) is 14.3. The molecule has 0 aliphatic rings. The highest BCUT2D eigenvalue weighted by Gasteiger charge is 2.06. The van der Waals surface area contributed by atoms with Crippen molar-refractivity contribution >= 4 is 6.03 Å². The molecule has 0 aliphatic carbocycles. The average molecular weight is 264 g/mol. The number of carbonyl (C=O) groups is 1. The Hall–Kier alpha value is -1.71. The quantitative estimate of drug-likeness (QED) is 0.830. The maximum Gasteiger partial charge on any atom is 0.315 e. The molecule has 0 aliphatic heterocycles. The molecule has 4 heteroatoms. The molecular formula is C15H24N2O2. The van der Waals surface area contributed by atoms with Gasteiger partial charge in [-0.2, -0.15) is 0 Å². The van der Waals surface area contributed by atoms with Crippen LogP contribution in [-0.4, -0.2) is 19.2 Å². The summed E-state index contributed by atoms with van der Waals surface area (Å²) in [5.74, 6) is 0.916. The van der Waals surface area contributed by atoms with Crippen LogP contribution in [0.5, 0.6) is 5.75 Å². The fourth-order valence-corrected chi connectivity index (χ4v) is 1.83. The van der Waals surface area contributed by atoms with Crippen LogP contribution in [0.3, 0.4) is 0 Å². The molecule has 0 saturated carbocycles. The standard InChI is InChI=1S/C15H24N2O2/c1-5-7-16-15(18)17-10-13-8-12(4)14(19-6-2)9-11(13)3/h8-9H,5-7,10H2,1-4H3,(H2,16,17,18). The molecule has 1 rings (SSSR count). The summed E-state index contributed by atoms with van der Waals surface area (Å²) in [7, 11) is 0. The predicted molar refractivity (Wildman–Crippen MR) is 77.6 cm³/mol. The second kappa shape index (κ2) is 7.67. The van der Waals surface area contributed by atoms with E-state index in [9.17, 15) is 4.79 Å². The summed E-state index contributed by atoms with van der Waals surface area (Å²) in [6, 6.07) is 3.98. The van der Waals surface area contributed by atoms with Crippen molar-refractivity contribution in [2.45, 2.75) is 40.7 Å². The minimum Gasteiger partial charge on any atom is -0.494 e. The molecule has 1 aromatic carbocycles. The van der Waals surface area contributed by atoms with Crippen molar-refractivity contribution in [2.75, 3.05) is 13.2 Å². The molecule has 0 atom stereocenters. The van der Waals surface area contributed by atoms with Crippen molar-refractivity contribution < 1.29 is 9.53 Å². The number of urea groups is 1. The maximum absolute atomic E-state index is 11.5. The normalized spacial score (nSPS) is 10.1. The fourth-order valence-electron chi connectivity index (χ4n) is 1.83. The number of rotatable bonds is 6. The van der Waals surface area contributed by atoms with Gasteiger partial charge in [0.15, 0.2) is 0 Å². The SMILES string of the molecule is CCCNC(=O)NCc1cc(C)c(OCC)cc1C. The number of benzene rings is 1. The topological polar surface area (TPSA) is 50.4 Å². The van der Waals surface area contributed by atoms with Gasteiger partial charge in [0, 0.05) is 13.1 Å².